The number of rotatable bonds is 3. The molecule has 0 aliphatic carbocycles. The van der Waals surface area contributed by atoms with Crippen LogP contribution in [0, 0.1) is 5.41 Å². The first-order chi connectivity index (χ1) is 9.93. The van der Waals surface area contributed by atoms with Crippen LogP contribution in [0.3, 0.4) is 0 Å². The van der Waals surface area contributed by atoms with Crippen molar-refractivity contribution in [2.24, 2.45) is 0 Å². The molecule has 0 aromatic heterocycles. The number of anilines is 1. The zero-order valence-electron chi connectivity index (χ0n) is 11.9. The molecular formula is C16H16ClN3O. The Balaban J connectivity index is 2.49. The minimum absolute atomic E-state index is 0.0561. The predicted molar refractivity (Wildman–Crippen MR) is 87.2 cm³/mol. The van der Waals surface area contributed by atoms with Gasteiger partial charge in [0.15, 0.2) is 0 Å². The van der Waals surface area contributed by atoms with Crippen molar-refractivity contribution in [3.05, 3.63) is 52.5 Å². The van der Waals surface area contributed by atoms with E-state index in [9.17, 15) is 4.79 Å². The second-order valence-corrected chi connectivity index (χ2v) is 5.31. The van der Waals surface area contributed by atoms with Gasteiger partial charge in [0.25, 0.3) is 5.91 Å². The Bertz CT molecular complexity index is 693. The Kier molecular flexibility index (Phi) is 4.29. The highest BCUT2D eigenvalue weighted by Gasteiger charge is 2.11. The average Bonchev–Trinajstić information content (AvgIpc) is 2.46. The van der Waals surface area contributed by atoms with Gasteiger partial charge in [0.05, 0.1) is 0 Å². The third kappa shape index (κ3) is 3.06. The highest BCUT2D eigenvalue weighted by Crippen LogP contribution is 2.30. The smallest absolute Gasteiger partial charge is 0.253 e. The van der Waals surface area contributed by atoms with Crippen LogP contribution in [-0.2, 0) is 0 Å². The highest BCUT2D eigenvalue weighted by molar-refractivity contribution is 6.31. The maximum atomic E-state index is 11.9. The molecule has 1 amide bonds. The fourth-order valence-corrected chi connectivity index (χ4v) is 2.32. The van der Waals surface area contributed by atoms with E-state index >= 15 is 0 Å². The molecule has 0 aliphatic rings. The van der Waals surface area contributed by atoms with Gasteiger partial charge in [0.2, 0.25) is 0 Å². The van der Waals surface area contributed by atoms with E-state index in [-0.39, 0.29) is 5.91 Å². The van der Waals surface area contributed by atoms with E-state index in [0.29, 0.717) is 21.8 Å². The molecule has 0 unspecified atom stereocenters. The molecule has 0 fully saturated rings. The summed E-state index contributed by atoms with van der Waals surface area (Å²) in [7, 11) is 3.42. The molecule has 0 aliphatic heterocycles. The molecule has 108 valence electrons. The number of carbonyl (C=O) groups is 1. The van der Waals surface area contributed by atoms with Crippen LogP contribution in [0.4, 0.5) is 5.69 Å². The van der Waals surface area contributed by atoms with E-state index in [1.165, 1.54) is 11.1 Å². The molecule has 0 heterocycles. The van der Waals surface area contributed by atoms with E-state index < -0.39 is 0 Å². The van der Waals surface area contributed by atoms with Crippen LogP contribution in [0.2, 0.25) is 5.02 Å². The number of nitrogens with one attached hydrogen (secondary N) is 1. The van der Waals surface area contributed by atoms with Crippen LogP contribution in [0.15, 0.2) is 36.4 Å². The zero-order valence-corrected chi connectivity index (χ0v) is 12.6. The van der Waals surface area contributed by atoms with Crippen LogP contribution in [0.5, 0.6) is 0 Å². The molecule has 0 radical (unpaired) electrons. The first kappa shape index (κ1) is 15.1. The van der Waals surface area contributed by atoms with Crippen molar-refractivity contribution in [1.29, 1.82) is 5.41 Å². The zero-order chi connectivity index (χ0) is 15.6. The standard InChI is InChI=1S/C16H16ClN3O/c1-20(2)16(21)11-5-3-10(4-6-11)13-7-12(17)8-15(19)14(13)9-18/h3-9,18H,19H2,1-2H3. The maximum absolute atomic E-state index is 11.9. The summed E-state index contributed by atoms with van der Waals surface area (Å²) in [6.45, 7) is 0. The number of amides is 1. The van der Waals surface area contributed by atoms with Gasteiger partial charge in [-0.25, -0.2) is 0 Å². The van der Waals surface area contributed by atoms with Gasteiger partial charge in [0.1, 0.15) is 0 Å². The van der Waals surface area contributed by atoms with E-state index in [2.05, 4.69) is 0 Å². The normalized spacial score (nSPS) is 10.2. The largest absolute Gasteiger partial charge is 0.398 e. The molecule has 2 aromatic carbocycles. The number of hydrogen-bond acceptors (Lipinski definition) is 3. The SMILES string of the molecule is CN(C)C(=O)c1ccc(-c2cc(Cl)cc(N)c2C=N)cc1. The summed E-state index contributed by atoms with van der Waals surface area (Å²) in [5, 5.41) is 8.02. The Morgan fingerprint density at radius 3 is 2.38 bits per heavy atom. The summed E-state index contributed by atoms with van der Waals surface area (Å²) in [5.41, 5.74) is 9.21. The highest BCUT2D eigenvalue weighted by atomic mass is 35.5. The molecule has 0 atom stereocenters. The molecule has 4 nitrogen and oxygen atoms in total. The first-order valence-corrected chi connectivity index (χ1v) is 6.73. The Labute approximate surface area is 128 Å². The molecule has 0 bridgehead atoms. The van der Waals surface area contributed by atoms with E-state index in [0.717, 1.165) is 11.1 Å². The van der Waals surface area contributed by atoms with Crippen LogP contribution in [-0.4, -0.2) is 31.1 Å². The molecule has 2 aromatic rings. The second kappa shape index (κ2) is 5.97. The first-order valence-electron chi connectivity index (χ1n) is 6.35. The molecule has 2 rings (SSSR count). The van der Waals surface area contributed by atoms with Gasteiger partial charge in [-0.1, -0.05) is 23.7 Å². The Morgan fingerprint density at radius 1 is 1.24 bits per heavy atom. The summed E-state index contributed by atoms with van der Waals surface area (Å²) in [4.78, 5) is 13.4. The summed E-state index contributed by atoms with van der Waals surface area (Å²) in [5.74, 6) is -0.0561. The van der Waals surface area contributed by atoms with Gasteiger partial charge in [-0.15, -0.1) is 0 Å². The van der Waals surface area contributed by atoms with Crippen LogP contribution >= 0.6 is 11.6 Å². The van der Waals surface area contributed by atoms with E-state index in [1.54, 1.807) is 38.4 Å². The molecule has 5 heteroatoms. The van der Waals surface area contributed by atoms with Crippen molar-refractivity contribution >= 4 is 29.4 Å². The van der Waals surface area contributed by atoms with Crippen LogP contribution < -0.4 is 5.73 Å². The fraction of sp³-hybridized carbons (Fsp3) is 0.125. The number of nitrogens with two attached hydrogens (primary N) is 1. The Morgan fingerprint density at radius 2 is 1.86 bits per heavy atom. The van der Waals surface area contributed by atoms with E-state index in [1.807, 2.05) is 12.1 Å². The summed E-state index contributed by atoms with van der Waals surface area (Å²) >= 11 is 6.04. The van der Waals surface area contributed by atoms with Crippen molar-refractivity contribution in [2.75, 3.05) is 19.8 Å². The van der Waals surface area contributed by atoms with Gasteiger partial charge in [-0.3, -0.25) is 4.79 Å². The number of carbonyl (C=O) groups excluding carboxylic acids is 1. The molecule has 21 heavy (non-hydrogen) atoms. The number of nitrogens with zero attached hydrogens (tertiary/aromatic N) is 1. The molecule has 3 N–H and O–H groups in total. The summed E-state index contributed by atoms with van der Waals surface area (Å²) in [6, 6.07) is 10.5. The minimum Gasteiger partial charge on any atom is -0.398 e. The monoisotopic (exact) mass is 301 g/mol. The van der Waals surface area contributed by atoms with Crippen LogP contribution in [0.1, 0.15) is 15.9 Å². The lowest BCUT2D eigenvalue weighted by Crippen LogP contribution is -2.21. The molecule has 0 spiro atoms. The predicted octanol–water partition coefficient (Wildman–Crippen LogP) is 3.29. The van der Waals surface area contributed by atoms with Crippen molar-refractivity contribution in [3.8, 4) is 11.1 Å². The average molecular weight is 302 g/mol. The molecular weight excluding hydrogens is 286 g/mol. The topological polar surface area (TPSA) is 70.2 Å². The number of nitrogen functional groups attached to an aromatic ring is 1. The quantitative estimate of drug-likeness (QED) is 0.674. The Hall–Kier alpha value is -2.33. The van der Waals surface area contributed by atoms with Crippen molar-refractivity contribution < 1.29 is 4.79 Å². The summed E-state index contributed by atoms with van der Waals surface area (Å²) in [6.07, 6.45) is 1.21. The van der Waals surface area contributed by atoms with Crippen molar-refractivity contribution in [3.63, 3.8) is 0 Å². The minimum atomic E-state index is -0.0561. The summed E-state index contributed by atoms with van der Waals surface area (Å²) < 4.78 is 0. The van der Waals surface area contributed by atoms with Gasteiger partial charge >= 0.3 is 0 Å². The number of hydrogen-bond donors (Lipinski definition) is 2. The third-order valence-electron chi connectivity index (χ3n) is 3.17. The number of halogens is 1. The van der Waals surface area contributed by atoms with Gasteiger partial charge in [-0.05, 0) is 35.4 Å². The van der Waals surface area contributed by atoms with Gasteiger partial charge in [0, 0.05) is 42.1 Å². The number of benzene rings is 2. The van der Waals surface area contributed by atoms with Gasteiger partial charge < -0.3 is 16.0 Å². The fourth-order valence-electron chi connectivity index (χ4n) is 2.09. The van der Waals surface area contributed by atoms with E-state index in [4.69, 9.17) is 22.7 Å². The lowest BCUT2D eigenvalue weighted by atomic mass is 9.97. The maximum Gasteiger partial charge on any atom is 0.253 e. The molecule has 0 saturated heterocycles. The lowest BCUT2D eigenvalue weighted by Gasteiger charge is -2.12. The van der Waals surface area contributed by atoms with Crippen LogP contribution in [0.25, 0.3) is 11.1 Å². The van der Waals surface area contributed by atoms with Crippen molar-refractivity contribution in [1.82, 2.24) is 4.90 Å². The van der Waals surface area contributed by atoms with Gasteiger partial charge in [-0.2, -0.15) is 0 Å². The molecule has 0 saturated carbocycles. The lowest BCUT2D eigenvalue weighted by molar-refractivity contribution is 0.0827. The van der Waals surface area contributed by atoms with Crippen molar-refractivity contribution in [2.45, 2.75) is 0 Å². The third-order valence-corrected chi connectivity index (χ3v) is 3.39. The second-order valence-electron chi connectivity index (χ2n) is 4.88.